The van der Waals surface area contributed by atoms with Gasteiger partial charge in [-0.05, 0) is 50.0 Å². The Kier molecular flexibility index (Phi) is 3.57. The maximum Gasteiger partial charge on any atom is -0.00489 e. The van der Waals surface area contributed by atoms with E-state index in [1.807, 2.05) is 0 Å². The van der Waals surface area contributed by atoms with Crippen LogP contribution >= 0.6 is 0 Å². The predicted molar refractivity (Wildman–Crippen MR) is 54.0 cm³/mol. The third-order valence-electron chi connectivity index (χ3n) is 3.50. The van der Waals surface area contributed by atoms with E-state index in [0.717, 1.165) is 12.5 Å². The molecule has 1 rings (SSSR count). The van der Waals surface area contributed by atoms with Gasteiger partial charge in [0.2, 0.25) is 0 Å². The van der Waals surface area contributed by atoms with Crippen LogP contribution in [-0.4, -0.2) is 6.54 Å². The molecule has 0 bridgehead atoms. The van der Waals surface area contributed by atoms with Crippen molar-refractivity contribution in [1.29, 1.82) is 0 Å². The Bertz CT molecular complexity index is 123. The smallest absolute Gasteiger partial charge is 0.00489 e. The molecule has 1 nitrogen and oxygen atoms in total. The van der Waals surface area contributed by atoms with Crippen LogP contribution in [-0.2, 0) is 0 Å². The average Bonchev–Trinajstić information content (AvgIpc) is 2.06. The zero-order valence-electron chi connectivity index (χ0n) is 8.60. The zero-order chi connectivity index (χ0) is 9.03. The number of nitrogens with two attached hydrogens (primary N) is 1. The first-order valence-corrected chi connectivity index (χ1v) is 5.40. The summed E-state index contributed by atoms with van der Waals surface area (Å²) in [5.74, 6) is 0.829. The van der Waals surface area contributed by atoms with Gasteiger partial charge in [-0.3, -0.25) is 0 Å². The van der Waals surface area contributed by atoms with Gasteiger partial charge in [0, 0.05) is 0 Å². The molecule has 0 unspecified atom stereocenters. The van der Waals surface area contributed by atoms with Gasteiger partial charge < -0.3 is 5.73 Å². The highest BCUT2D eigenvalue weighted by atomic mass is 14.6. The number of hydrogen-bond acceptors (Lipinski definition) is 1. The highest BCUT2D eigenvalue weighted by Gasteiger charge is 2.29. The van der Waals surface area contributed by atoms with Crippen molar-refractivity contribution in [2.24, 2.45) is 17.1 Å². The Hall–Kier alpha value is -0.0400. The maximum absolute atomic E-state index is 5.67. The van der Waals surface area contributed by atoms with Gasteiger partial charge in [0.1, 0.15) is 0 Å². The van der Waals surface area contributed by atoms with E-state index in [2.05, 4.69) is 13.8 Å². The van der Waals surface area contributed by atoms with Crippen LogP contribution < -0.4 is 5.73 Å². The summed E-state index contributed by atoms with van der Waals surface area (Å²) in [5, 5.41) is 0. The summed E-state index contributed by atoms with van der Waals surface area (Å²) in [7, 11) is 0. The summed E-state index contributed by atoms with van der Waals surface area (Å²) in [5.41, 5.74) is 6.32. The van der Waals surface area contributed by atoms with Crippen molar-refractivity contribution in [2.75, 3.05) is 6.54 Å². The molecule has 2 N–H and O–H groups in total. The summed E-state index contributed by atoms with van der Waals surface area (Å²) >= 11 is 0. The summed E-state index contributed by atoms with van der Waals surface area (Å²) < 4.78 is 0. The molecule has 1 aliphatic rings. The molecule has 0 aromatic rings. The second kappa shape index (κ2) is 4.27. The number of hydrogen-bond donors (Lipinski definition) is 1. The first-order chi connectivity index (χ1) is 5.70. The highest BCUT2D eigenvalue weighted by molar-refractivity contribution is 4.81. The van der Waals surface area contributed by atoms with E-state index in [1.165, 1.54) is 38.5 Å². The lowest BCUT2D eigenvalue weighted by Gasteiger charge is -2.37. The molecular formula is C11H23N. The molecule has 1 saturated carbocycles. The standard InChI is InChI=1S/C11H23N/c1-3-6-11(2)7-4-10(9-12)5-8-11/h10H,3-9,12H2,1-2H3. The van der Waals surface area contributed by atoms with Crippen LogP contribution in [0.4, 0.5) is 0 Å². The van der Waals surface area contributed by atoms with Crippen LogP contribution in [0.15, 0.2) is 0 Å². The lowest BCUT2D eigenvalue weighted by Crippen LogP contribution is -2.27. The lowest BCUT2D eigenvalue weighted by molar-refractivity contribution is 0.159. The first-order valence-electron chi connectivity index (χ1n) is 5.40. The van der Waals surface area contributed by atoms with Crippen molar-refractivity contribution < 1.29 is 0 Å². The van der Waals surface area contributed by atoms with Crippen molar-refractivity contribution >= 4 is 0 Å². The molecule has 0 atom stereocenters. The Labute approximate surface area is 76.7 Å². The SMILES string of the molecule is CCCC1(C)CCC(CN)CC1. The van der Waals surface area contributed by atoms with Crippen molar-refractivity contribution in [3.63, 3.8) is 0 Å². The third kappa shape index (κ3) is 2.48. The van der Waals surface area contributed by atoms with Crippen LogP contribution in [0.1, 0.15) is 52.4 Å². The molecule has 0 radical (unpaired) electrons. The summed E-state index contributed by atoms with van der Waals surface area (Å²) in [4.78, 5) is 0. The van der Waals surface area contributed by atoms with Gasteiger partial charge in [-0.2, -0.15) is 0 Å². The Morgan fingerprint density at radius 2 is 1.92 bits per heavy atom. The van der Waals surface area contributed by atoms with Crippen LogP contribution in [0.2, 0.25) is 0 Å². The van der Waals surface area contributed by atoms with E-state index in [1.54, 1.807) is 0 Å². The van der Waals surface area contributed by atoms with Gasteiger partial charge in [-0.25, -0.2) is 0 Å². The van der Waals surface area contributed by atoms with E-state index in [-0.39, 0.29) is 0 Å². The molecule has 0 spiro atoms. The van der Waals surface area contributed by atoms with Gasteiger partial charge in [-0.1, -0.05) is 20.3 Å². The second-order valence-electron chi connectivity index (χ2n) is 4.74. The fourth-order valence-corrected chi connectivity index (χ4v) is 2.46. The van der Waals surface area contributed by atoms with Gasteiger partial charge in [-0.15, -0.1) is 0 Å². The molecular weight excluding hydrogens is 146 g/mol. The maximum atomic E-state index is 5.67. The van der Waals surface area contributed by atoms with Crippen molar-refractivity contribution in [1.82, 2.24) is 0 Å². The predicted octanol–water partition coefficient (Wildman–Crippen LogP) is 2.94. The molecule has 0 heterocycles. The van der Waals surface area contributed by atoms with Crippen LogP contribution in [0, 0.1) is 11.3 Å². The minimum Gasteiger partial charge on any atom is -0.330 e. The zero-order valence-corrected chi connectivity index (χ0v) is 8.60. The molecule has 0 amide bonds. The third-order valence-corrected chi connectivity index (χ3v) is 3.50. The van der Waals surface area contributed by atoms with E-state index in [9.17, 15) is 0 Å². The Morgan fingerprint density at radius 1 is 1.33 bits per heavy atom. The van der Waals surface area contributed by atoms with E-state index in [0.29, 0.717) is 5.41 Å². The van der Waals surface area contributed by atoms with E-state index >= 15 is 0 Å². The minimum absolute atomic E-state index is 0.653. The average molecular weight is 169 g/mol. The van der Waals surface area contributed by atoms with Crippen LogP contribution in [0.5, 0.6) is 0 Å². The first kappa shape index (κ1) is 10.0. The van der Waals surface area contributed by atoms with Crippen LogP contribution in [0.3, 0.4) is 0 Å². The fourth-order valence-electron chi connectivity index (χ4n) is 2.46. The monoisotopic (exact) mass is 169 g/mol. The van der Waals surface area contributed by atoms with Crippen molar-refractivity contribution in [3.8, 4) is 0 Å². The van der Waals surface area contributed by atoms with Crippen LogP contribution in [0.25, 0.3) is 0 Å². The van der Waals surface area contributed by atoms with Gasteiger partial charge in [0.05, 0.1) is 0 Å². The summed E-state index contributed by atoms with van der Waals surface area (Å²) in [6.45, 7) is 5.64. The molecule has 1 heteroatoms. The van der Waals surface area contributed by atoms with Crippen molar-refractivity contribution in [3.05, 3.63) is 0 Å². The molecule has 1 aliphatic carbocycles. The van der Waals surface area contributed by atoms with E-state index in [4.69, 9.17) is 5.73 Å². The van der Waals surface area contributed by atoms with Crippen molar-refractivity contribution in [2.45, 2.75) is 52.4 Å². The normalized spacial score (nSPS) is 36.8. The topological polar surface area (TPSA) is 26.0 Å². The molecule has 1 fully saturated rings. The quantitative estimate of drug-likeness (QED) is 0.690. The summed E-state index contributed by atoms with van der Waals surface area (Å²) in [6.07, 6.45) is 8.29. The van der Waals surface area contributed by atoms with Gasteiger partial charge in [0.25, 0.3) is 0 Å². The molecule has 72 valence electrons. The highest BCUT2D eigenvalue weighted by Crippen LogP contribution is 2.41. The Morgan fingerprint density at radius 3 is 2.33 bits per heavy atom. The lowest BCUT2D eigenvalue weighted by atomic mass is 9.69. The molecule has 0 saturated heterocycles. The second-order valence-corrected chi connectivity index (χ2v) is 4.74. The molecule has 0 aliphatic heterocycles. The molecule has 0 aromatic carbocycles. The van der Waals surface area contributed by atoms with E-state index < -0.39 is 0 Å². The van der Waals surface area contributed by atoms with Gasteiger partial charge >= 0.3 is 0 Å². The summed E-state index contributed by atoms with van der Waals surface area (Å²) in [6, 6.07) is 0. The molecule has 0 aromatic heterocycles. The molecule has 12 heavy (non-hydrogen) atoms. The number of rotatable bonds is 3. The van der Waals surface area contributed by atoms with Gasteiger partial charge in [0.15, 0.2) is 0 Å². The Balaban J connectivity index is 2.33. The minimum atomic E-state index is 0.653. The fraction of sp³-hybridized carbons (Fsp3) is 1.00. The largest absolute Gasteiger partial charge is 0.330 e.